The first-order valence-electron chi connectivity index (χ1n) is 8.42. The number of sulfonamides is 1. The molecular formula is C19H23NO6S. The molecule has 0 aromatic heterocycles. The van der Waals surface area contributed by atoms with Crippen LogP contribution in [0.5, 0.6) is 23.0 Å². The lowest BCUT2D eigenvalue weighted by molar-refractivity contribution is 0.353. The molecule has 0 saturated carbocycles. The number of hydrogen-bond donors (Lipinski definition) is 1. The smallest absolute Gasteiger partial charge is 0.241 e. The molecule has 1 atom stereocenters. The van der Waals surface area contributed by atoms with E-state index in [4.69, 9.17) is 18.9 Å². The Balaban J connectivity index is 1.91. The molecule has 0 amide bonds. The van der Waals surface area contributed by atoms with Gasteiger partial charge in [-0.1, -0.05) is 0 Å². The molecule has 3 rings (SSSR count). The second kappa shape index (κ2) is 7.66. The summed E-state index contributed by atoms with van der Waals surface area (Å²) >= 11 is 0. The van der Waals surface area contributed by atoms with Crippen molar-refractivity contribution in [3.63, 3.8) is 0 Å². The number of methoxy groups -OCH3 is 4. The van der Waals surface area contributed by atoms with Gasteiger partial charge >= 0.3 is 0 Å². The summed E-state index contributed by atoms with van der Waals surface area (Å²) in [5.74, 6) is 2.05. The van der Waals surface area contributed by atoms with Crippen LogP contribution >= 0.6 is 0 Å². The van der Waals surface area contributed by atoms with Crippen LogP contribution in [0.25, 0.3) is 0 Å². The molecule has 1 N–H and O–H groups in total. The number of benzene rings is 2. The van der Waals surface area contributed by atoms with Crippen molar-refractivity contribution in [3.8, 4) is 23.0 Å². The van der Waals surface area contributed by atoms with Crippen LogP contribution in [-0.4, -0.2) is 36.9 Å². The van der Waals surface area contributed by atoms with Crippen molar-refractivity contribution in [1.29, 1.82) is 0 Å². The Hall–Kier alpha value is -2.45. The van der Waals surface area contributed by atoms with Gasteiger partial charge in [0.1, 0.15) is 0 Å². The molecule has 8 heteroatoms. The normalized spacial score (nSPS) is 15.9. The zero-order valence-corrected chi connectivity index (χ0v) is 16.6. The molecule has 0 bridgehead atoms. The van der Waals surface area contributed by atoms with E-state index in [1.54, 1.807) is 20.3 Å². The Morgan fingerprint density at radius 1 is 0.852 bits per heavy atom. The van der Waals surface area contributed by atoms with Gasteiger partial charge in [0.25, 0.3) is 0 Å². The zero-order valence-electron chi connectivity index (χ0n) is 15.7. The largest absolute Gasteiger partial charge is 0.493 e. The van der Waals surface area contributed by atoms with Crippen molar-refractivity contribution in [2.45, 2.75) is 23.8 Å². The van der Waals surface area contributed by atoms with Gasteiger partial charge < -0.3 is 18.9 Å². The molecule has 27 heavy (non-hydrogen) atoms. The summed E-state index contributed by atoms with van der Waals surface area (Å²) in [6, 6.07) is 7.92. The highest BCUT2D eigenvalue weighted by Gasteiger charge is 2.29. The Bertz CT molecular complexity index is 941. The van der Waals surface area contributed by atoms with Crippen molar-refractivity contribution in [2.24, 2.45) is 0 Å². The standard InChI is InChI=1S/C19H23NO6S/c1-23-16-8-6-13(10-18(16)25-3)27(21,22)20-15-7-5-12-9-17(24-2)19(26-4)11-14(12)15/h6,8-11,15,20H,5,7H2,1-4H3. The van der Waals surface area contributed by atoms with Crippen molar-refractivity contribution < 1.29 is 27.4 Å². The van der Waals surface area contributed by atoms with Crippen molar-refractivity contribution in [1.82, 2.24) is 4.72 Å². The lowest BCUT2D eigenvalue weighted by Crippen LogP contribution is -2.27. The monoisotopic (exact) mass is 393 g/mol. The van der Waals surface area contributed by atoms with E-state index >= 15 is 0 Å². The van der Waals surface area contributed by atoms with Crippen LogP contribution in [0, 0.1) is 0 Å². The number of ether oxygens (including phenoxy) is 4. The molecular weight excluding hydrogens is 370 g/mol. The van der Waals surface area contributed by atoms with Gasteiger partial charge in [-0.25, -0.2) is 13.1 Å². The minimum Gasteiger partial charge on any atom is -0.493 e. The van der Waals surface area contributed by atoms with Gasteiger partial charge in [-0.15, -0.1) is 0 Å². The predicted molar refractivity (Wildman–Crippen MR) is 100 cm³/mol. The summed E-state index contributed by atoms with van der Waals surface area (Å²) in [6.45, 7) is 0. The first-order chi connectivity index (χ1) is 12.9. The highest BCUT2D eigenvalue weighted by atomic mass is 32.2. The molecule has 0 aliphatic heterocycles. The lowest BCUT2D eigenvalue weighted by Gasteiger charge is -2.17. The van der Waals surface area contributed by atoms with Gasteiger partial charge in [-0.3, -0.25) is 0 Å². The zero-order chi connectivity index (χ0) is 19.6. The van der Waals surface area contributed by atoms with E-state index in [0.29, 0.717) is 29.4 Å². The van der Waals surface area contributed by atoms with Crippen LogP contribution in [0.1, 0.15) is 23.6 Å². The van der Waals surface area contributed by atoms with E-state index in [1.165, 1.54) is 26.4 Å². The quantitative estimate of drug-likeness (QED) is 0.779. The van der Waals surface area contributed by atoms with Gasteiger partial charge in [-0.2, -0.15) is 0 Å². The molecule has 0 saturated heterocycles. The van der Waals surface area contributed by atoms with E-state index in [0.717, 1.165) is 17.5 Å². The Kier molecular flexibility index (Phi) is 5.48. The van der Waals surface area contributed by atoms with Crippen LogP contribution in [0.3, 0.4) is 0 Å². The summed E-state index contributed by atoms with van der Waals surface area (Å²) in [6.07, 6.45) is 1.42. The molecule has 146 valence electrons. The first kappa shape index (κ1) is 19.3. The fourth-order valence-corrected chi connectivity index (χ4v) is 4.56. The molecule has 1 aliphatic rings. The number of fused-ring (bicyclic) bond motifs is 1. The van der Waals surface area contributed by atoms with Crippen molar-refractivity contribution >= 4 is 10.0 Å². The highest BCUT2D eigenvalue weighted by molar-refractivity contribution is 7.89. The third kappa shape index (κ3) is 3.68. The maximum Gasteiger partial charge on any atom is 0.241 e. The van der Waals surface area contributed by atoms with Gasteiger partial charge in [0, 0.05) is 12.1 Å². The molecule has 1 aliphatic carbocycles. The molecule has 7 nitrogen and oxygen atoms in total. The predicted octanol–water partition coefficient (Wildman–Crippen LogP) is 2.69. The first-order valence-corrected chi connectivity index (χ1v) is 9.91. The van der Waals surface area contributed by atoms with Crippen LogP contribution < -0.4 is 23.7 Å². The molecule has 0 heterocycles. The van der Waals surface area contributed by atoms with E-state index in [9.17, 15) is 8.42 Å². The number of rotatable bonds is 7. The number of aryl methyl sites for hydroxylation is 1. The van der Waals surface area contributed by atoms with Gasteiger partial charge in [0.05, 0.1) is 33.3 Å². The average Bonchev–Trinajstić information content (AvgIpc) is 3.07. The number of hydrogen-bond acceptors (Lipinski definition) is 6. The summed E-state index contributed by atoms with van der Waals surface area (Å²) < 4.78 is 49.6. The van der Waals surface area contributed by atoms with Crippen LogP contribution in [0.4, 0.5) is 0 Å². The lowest BCUT2D eigenvalue weighted by atomic mass is 10.1. The Morgan fingerprint density at radius 3 is 2.07 bits per heavy atom. The summed E-state index contributed by atoms with van der Waals surface area (Å²) in [4.78, 5) is 0.120. The Morgan fingerprint density at radius 2 is 1.44 bits per heavy atom. The fraction of sp³-hybridized carbons (Fsp3) is 0.368. The number of nitrogens with one attached hydrogen (secondary N) is 1. The van der Waals surface area contributed by atoms with Crippen molar-refractivity contribution in [2.75, 3.05) is 28.4 Å². The van der Waals surface area contributed by atoms with E-state index in [2.05, 4.69) is 4.72 Å². The molecule has 0 radical (unpaired) electrons. The minimum absolute atomic E-state index is 0.120. The minimum atomic E-state index is -3.74. The highest BCUT2D eigenvalue weighted by Crippen LogP contribution is 2.40. The molecule has 2 aromatic rings. The third-order valence-corrected chi connectivity index (χ3v) is 6.16. The fourth-order valence-electron chi connectivity index (χ4n) is 3.29. The van der Waals surface area contributed by atoms with Crippen LogP contribution in [0.2, 0.25) is 0 Å². The van der Waals surface area contributed by atoms with Crippen LogP contribution in [0.15, 0.2) is 35.2 Å². The topological polar surface area (TPSA) is 83.1 Å². The van der Waals surface area contributed by atoms with Gasteiger partial charge in [-0.05, 0) is 48.2 Å². The van der Waals surface area contributed by atoms with E-state index in [-0.39, 0.29) is 10.9 Å². The summed E-state index contributed by atoms with van der Waals surface area (Å²) in [7, 11) is 2.37. The summed E-state index contributed by atoms with van der Waals surface area (Å²) in [5, 5.41) is 0. The summed E-state index contributed by atoms with van der Waals surface area (Å²) in [5.41, 5.74) is 1.95. The maximum atomic E-state index is 12.9. The Labute approximate surface area is 159 Å². The van der Waals surface area contributed by atoms with E-state index < -0.39 is 10.0 Å². The second-order valence-corrected chi connectivity index (χ2v) is 7.85. The molecule has 1 unspecified atom stereocenters. The van der Waals surface area contributed by atoms with Crippen LogP contribution in [-0.2, 0) is 16.4 Å². The third-order valence-electron chi connectivity index (χ3n) is 4.69. The van der Waals surface area contributed by atoms with E-state index in [1.807, 2.05) is 12.1 Å². The van der Waals surface area contributed by atoms with Gasteiger partial charge in [0.2, 0.25) is 10.0 Å². The van der Waals surface area contributed by atoms with Gasteiger partial charge in [0.15, 0.2) is 23.0 Å². The second-order valence-electron chi connectivity index (χ2n) is 6.14. The molecule has 0 fully saturated rings. The van der Waals surface area contributed by atoms with Crippen molar-refractivity contribution in [3.05, 3.63) is 41.5 Å². The molecule has 2 aromatic carbocycles. The average molecular weight is 393 g/mol. The SMILES string of the molecule is COc1ccc(S(=O)(=O)NC2CCc3cc(OC)c(OC)cc32)cc1OC. The molecule has 0 spiro atoms. The maximum absolute atomic E-state index is 12.9.